The molecule has 0 spiro atoms. The summed E-state index contributed by atoms with van der Waals surface area (Å²) in [6, 6.07) is 8.58. The number of piperazine rings is 1. The Morgan fingerprint density at radius 3 is 2.55 bits per heavy atom. The summed E-state index contributed by atoms with van der Waals surface area (Å²) < 4.78 is 0. The maximum Gasteiger partial charge on any atom is 0.223 e. The number of hydrogen-bond donors (Lipinski definition) is 1. The molecule has 0 saturated carbocycles. The van der Waals surface area contributed by atoms with Gasteiger partial charge in [0.2, 0.25) is 5.91 Å². The van der Waals surface area contributed by atoms with Crippen molar-refractivity contribution >= 4 is 5.91 Å². The summed E-state index contributed by atoms with van der Waals surface area (Å²) in [5, 5.41) is 3.27. The van der Waals surface area contributed by atoms with E-state index < -0.39 is 0 Å². The Bertz CT molecular complexity index is 424. The van der Waals surface area contributed by atoms with Gasteiger partial charge in [0.25, 0.3) is 0 Å². The fourth-order valence-corrected chi connectivity index (χ4v) is 2.44. The molecule has 1 aliphatic heterocycles. The number of hydrogen-bond acceptors (Lipinski definition) is 3. The molecule has 2 rings (SSSR count). The summed E-state index contributed by atoms with van der Waals surface area (Å²) in [7, 11) is 2.07. The van der Waals surface area contributed by atoms with Crippen molar-refractivity contribution in [3.8, 4) is 0 Å². The second-order valence-electron chi connectivity index (χ2n) is 5.60. The fraction of sp³-hybridized carbons (Fsp3) is 0.562. The molecule has 0 bridgehead atoms. The lowest BCUT2D eigenvalue weighted by Crippen LogP contribution is -2.47. The molecule has 1 aliphatic rings. The van der Waals surface area contributed by atoms with Gasteiger partial charge < -0.3 is 15.1 Å². The predicted molar refractivity (Wildman–Crippen MR) is 81.6 cm³/mol. The van der Waals surface area contributed by atoms with Crippen LogP contribution in [0.1, 0.15) is 17.5 Å². The van der Waals surface area contributed by atoms with Gasteiger partial charge in [-0.15, -0.1) is 0 Å². The molecule has 1 N–H and O–H groups in total. The van der Waals surface area contributed by atoms with Crippen LogP contribution < -0.4 is 5.32 Å². The van der Waals surface area contributed by atoms with Crippen LogP contribution in [0, 0.1) is 6.92 Å². The van der Waals surface area contributed by atoms with Gasteiger partial charge in [0.1, 0.15) is 0 Å². The monoisotopic (exact) mass is 275 g/mol. The van der Waals surface area contributed by atoms with Crippen molar-refractivity contribution in [1.82, 2.24) is 15.1 Å². The van der Waals surface area contributed by atoms with Gasteiger partial charge in [-0.05, 0) is 19.5 Å². The van der Waals surface area contributed by atoms with Gasteiger partial charge >= 0.3 is 0 Å². The molecule has 20 heavy (non-hydrogen) atoms. The Morgan fingerprint density at radius 2 is 1.90 bits per heavy atom. The summed E-state index contributed by atoms with van der Waals surface area (Å²) in [6.45, 7) is 7.35. The van der Waals surface area contributed by atoms with Gasteiger partial charge in [-0.25, -0.2) is 0 Å². The molecule has 4 heteroatoms. The number of carbonyl (C=O) groups excluding carboxylic acids is 1. The second kappa shape index (κ2) is 7.41. The van der Waals surface area contributed by atoms with Crippen molar-refractivity contribution in [2.24, 2.45) is 0 Å². The fourth-order valence-electron chi connectivity index (χ4n) is 2.44. The average Bonchev–Trinajstić information content (AvgIpc) is 2.48. The first-order valence-electron chi connectivity index (χ1n) is 7.38. The first-order valence-corrected chi connectivity index (χ1v) is 7.38. The molecule has 1 saturated heterocycles. The van der Waals surface area contributed by atoms with Crippen LogP contribution in [0.25, 0.3) is 0 Å². The molecule has 4 nitrogen and oxygen atoms in total. The second-order valence-corrected chi connectivity index (χ2v) is 5.60. The molecule has 1 heterocycles. The molecule has 0 radical (unpaired) electrons. The largest absolute Gasteiger partial charge is 0.340 e. The van der Waals surface area contributed by atoms with Crippen LogP contribution in [-0.4, -0.2) is 55.5 Å². The number of benzene rings is 1. The van der Waals surface area contributed by atoms with Crippen LogP contribution in [0.15, 0.2) is 24.3 Å². The lowest BCUT2D eigenvalue weighted by molar-refractivity contribution is -0.132. The van der Waals surface area contributed by atoms with E-state index in [0.29, 0.717) is 6.42 Å². The zero-order chi connectivity index (χ0) is 14.4. The highest BCUT2D eigenvalue weighted by Gasteiger charge is 2.16. The number of nitrogens with one attached hydrogen (secondary N) is 1. The molecule has 1 fully saturated rings. The normalized spacial score (nSPS) is 15.7. The van der Waals surface area contributed by atoms with Crippen LogP contribution in [0.2, 0.25) is 0 Å². The van der Waals surface area contributed by atoms with Crippen LogP contribution in [-0.2, 0) is 11.3 Å². The summed E-state index contributed by atoms with van der Waals surface area (Å²) in [4.78, 5) is 16.3. The van der Waals surface area contributed by atoms with E-state index in [4.69, 9.17) is 0 Å². The first kappa shape index (κ1) is 15.0. The van der Waals surface area contributed by atoms with Crippen molar-refractivity contribution in [2.45, 2.75) is 19.9 Å². The number of nitrogens with zero attached hydrogens (tertiary/aromatic N) is 2. The molecule has 0 atom stereocenters. The minimum atomic E-state index is 0.280. The van der Waals surface area contributed by atoms with E-state index in [1.165, 1.54) is 11.1 Å². The summed E-state index contributed by atoms with van der Waals surface area (Å²) in [6.07, 6.45) is 0.613. The van der Waals surface area contributed by atoms with Crippen molar-refractivity contribution in [2.75, 3.05) is 39.8 Å². The maximum absolute atomic E-state index is 12.1. The zero-order valence-electron chi connectivity index (χ0n) is 12.6. The Hall–Kier alpha value is -1.39. The Kier molecular flexibility index (Phi) is 5.56. The van der Waals surface area contributed by atoms with E-state index >= 15 is 0 Å². The summed E-state index contributed by atoms with van der Waals surface area (Å²) >= 11 is 0. The van der Waals surface area contributed by atoms with E-state index in [1.807, 2.05) is 4.90 Å². The number of amides is 1. The third-order valence-corrected chi connectivity index (χ3v) is 3.75. The van der Waals surface area contributed by atoms with Crippen LogP contribution in [0.5, 0.6) is 0 Å². The molecular formula is C16H25N3O. The average molecular weight is 275 g/mol. The van der Waals surface area contributed by atoms with Crippen molar-refractivity contribution in [3.63, 3.8) is 0 Å². The quantitative estimate of drug-likeness (QED) is 0.878. The van der Waals surface area contributed by atoms with Gasteiger partial charge in [0, 0.05) is 45.7 Å². The molecule has 0 unspecified atom stereocenters. The summed E-state index contributed by atoms with van der Waals surface area (Å²) in [5.41, 5.74) is 2.58. The van der Waals surface area contributed by atoms with Gasteiger partial charge in [-0.3, -0.25) is 4.79 Å². The van der Waals surface area contributed by atoms with Gasteiger partial charge in [0.05, 0.1) is 0 Å². The maximum atomic E-state index is 12.1. The van der Waals surface area contributed by atoms with Gasteiger partial charge in [-0.1, -0.05) is 29.8 Å². The van der Waals surface area contributed by atoms with Crippen molar-refractivity contribution in [1.29, 1.82) is 0 Å². The topological polar surface area (TPSA) is 35.6 Å². The van der Waals surface area contributed by atoms with E-state index in [-0.39, 0.29) is 5.91 Å². The van der Waals surface area contributed by atoms with E-state index in [1.54, 1.807) is 0 Å². The smallest absolute Gasteiger partial charge is 0.223 e. The van der Waals surface area contributed by atoms with Crippen molar-refractivity contribution < 1.29 is 4.79 Å². The molecule has 0 aliphatic carbocycles. The number of carbonyl (C=O) groups is 1. The van der Waals surface area contributed by atoms with E-state index in [9.17, 15) is 4.79 Å². The first-order chi connectivity index (χ1) is 9.65. The SMILES string of the molecule is Cc1ccc(CN(C)CCC(=O)N2CCNCC2)cc1. The standard InChI is InChI=1S/C16H25N3O/c1-14-3-5-15(6-4-14)13-18(2)10-7-16(20)19-11-8-17-9-12-19/h3-6,17H,7-13H2,1-2H3. The predicted octanol–water partition coefficient (Wildman–Crippen LogP) is 1.25. The number of aryl methyl sites for hydroxylation is 1. The van der Waals surface area contributed by atoms with Crippen LogP contribution >= 0.6 is 0 Å². The Balaban J connectivity index is 1.72. The molecule has 1 aromatic carbocycles. The highest BCUT2D eigenvalue weighted by Crippen LogP contribution is 2.06. The lowest BCUT2D eigenvalue weighted by Gasteiger charge is -2.28. The van der Waals surface area contributed by atoms with Gasteiger partial charge in [-0.2, -0.15) is 0 Å². The molecule has 110 valence electrons. The van der Waals surface area contributed by atoms with E-state index in [0.717, 1.165) is 39.3 Å². The molecule has 1 aromatic rings. The van der Waals surface area contributed by atoms with Crippen molar-refractivity contribution in [3.05, 3.63) is 35.4 Å². The highest BCUT2D eigenvalue weighted by molar-refractivity contribution is 5.76. The summed E-state index contributed by atoms with van der Waals surface area (Å²) in [5.74, 6) is 0.280. The minimum absolute atomic E-state index is 0.280. The molecule has 1 amide bonds. The molecular weight excluding hydrogens is 250 g/mol. The minimum Gasteiger partial charge on any atom is -0.340 e. The Labute approximate surface area is 121 Å². The third kappa shape index (κ3) is 4.62. The van der Waals surface area contributed by atoms with E-state index in [2.05, 4.69) is 48.5 Å². The zero-order valence-corrected chi connectivity index (χ0v) is 12.6. The highest BCUT2D eigenvalue weighted by atomic mass is 16.2. The van der Waals surface area contributed by atoms with Gasteiger partial charge in [0.15, 0.2) is 0 Å². The molecule has 0 aromatic heterocycles. The van der Waals surface area contributed by atoms with Crippen LogP contribution in [0.3, 0.4) is 0 Å². The number of rotatable bonds is 5. The lowest BCUT2D eigenvalue weighted by atomic mass is 10.1. The Morgan fingerprint density at radius 1 is 1.25 bits per heavy atom. The van der Waals surface area contributed by atoms with Crippen LogP contribution in [0.4, 0.5) is 0 Å². The third-order valence-electron chi connectivity index (χ3n) is 3.75.